The van der Waals surface area contributed by atoms with E-state index in [-0.39, 0.29) is 6.79 Å². The monoisotopic (exact) mass is 394 g/mol. The van der Waals surface area contributed by atoms with Crippen LogP contribution in [-0.2, 0) is 17.7 Å². The molecule has 3 heterocycles. The van der Waals surface area contributed by atoms with Crippen LogP contribution < -0.4 is 23.5 Å². The molecule has 150 valence electrons. The molecule has 5 rings (SSSR count). The highest BCUT2D eigenvalue weighted by atomic mass is 16.7. The van der Waals surface area contributed by atoms with Crippen LogP contribution in [-0.4, -0.2) is 33.7 Å². The van der Waals surface area contributed by atoms with Gasteiger partial charge in [0.15, 0.2) is 35.7 Å². The molecule has 0 radical (unpaired) electrons. The first-order valence-electron chi connectivity index (χ1n) is 9.96. The molecule has 2 aliphatic rings. The zero-order chi connectivity index (χ0) is 19.8. The molecule has 0 N–H and O–H groups in total. The lowest BCUT2D eigenvalue weighted by Gasteiger charge is -2.18. The van der Waals surface area contributed by atoms with Crippen molar-refractivity contribution in [2.75, 3.05) is 33.7 Å². The van der Waals surface area contributed by atoms with Gasteiger partial charge in [-0.2, -0.15) is 4.57 Å². The van der Waals surface area contributed by atoms with Crippen LogP contribution >= 0.6 is 0 Å². The number of aromatic nitrogens is 1. The first-order valence-corrected chi connectivity index (χ1v) is 9.96. The van der Waals surface area contributed by atoms with E-state index in [9.17, 15) is 0 Å². The minimum Gasteiger partial charge on any atom is -0.493 e. The van der Waals surface area contributed by atoms with Crippen LogP contribution in [0.3, 0.4) is 0 Å². The number of rotatable bonds is 6. The third-order valence-corrected chi connectivity index (χ3v) is 5.47. The fourth-order valence-electron chi connectivity index (χ4n) is 4.05. The van der Waals surface area contributed by atoms with E-state index in [4.69, 9.17) is 23.7 Å². The van der Waals surface area contributed by atoms with Crippen LogP contribution in [0.25, 0.3) is 22.0 Å². The van der Waals surface area contributed by atoms with Crippen molar-refractivity contribution in [1.82, 2.24) is 0 Å². The Morgan fingerprint density at radius 2 is 1.93 bits per heavy atom. The molecule has 0 bridgehead atoms. The van der Waals surface area contributed by atoms with Gasteiger partial charge in [-0.1, -0.05) is 0 Å². The van der Waals surface area contributed by atoms with Crippen molar-refractivity contribution >= 4 is 10.8 Å². The number of benzene rings is 2. The third-order valence-electron chi connectivity index (χ3n) is 5.47. The number of methoxy groups -OCH3 is 1. The molecule has 1 aromatic heterocycles. The lowest BCUT2D eigenvalue weighted by Crippen LogP contribution is -2.40. The molecule has 0 saturated heterocycles. The van der Waals surface area contributed by atoms with Crippen molar-refractivity contribution in [3.63, 3.8) is 0 Å². The molecule has 0 saturated carbocycles. The van der Waals surface area contributed by atoms with Gasteiger partial charge >= 0.3 is 0 Å². The molecule has 6 heteroatoms. The van der Waals surface area contributed by atoms with Crippen molar-refractivity contribution < 1.29 is 28.3 Å². The molecular weight excluding hydrogens is 370 g/mol. The molecule has 0 atom stereocenters. The Morgan fingerprint density at radius 3 is 2.76 bits per heavy atom. The summed E-state index contributed by atoms with van der Waals surface area (Å²) in [5.41, 5.74) is 3.65. The van der Waals surface area contributed by atoms with Crippen LogP contribution in [0.5, 0.6) is 23.0 Å². The zero-order valence-electron chi connectivity index (χ0n) is 16.7. The zero-order valence-corrected chi connectivity index (χ0v) is 16.7. The number of pyridine rings is 1. The summed E-state index contributed by atoms with van der Waals surface area (Å²) >= 11 is 0. The predicted molar refractivity (Wildman–Crippen MR) is 108 cm³/mol. The van der Waals surface area contributed by atoms with Crippen LogP contribution in [0.1, 0.15) is 12.5 Å². The fraction of sp³-hybridized carbons (Fsp3) is 0.348. The van der Waals surface area contributed by atoms with Gasteiger partial charge in [-0.05, 0) is 42.1 Å². The molecule has 6 nitrogen and oxygen atoms in total. The maximum Gasteiger partial charge on any atom is 0.231 e. The molecular formula is C23H24NO5+. The third kappa shape index (κ3) is 3.13. The van der Waals surface area contributed by atoms with Crippen LogP contribution in [0, 0.1) is 0 Å². The highest BCUT2D eigenvalue weighted by molar-refractivity contribution is 5.91. The topological polar surface area (TPSA) is 50.0 Å². The summed E-state index contributed by atoms with van der Waals surface area (Å²) < 4.78 is 30.5. The Labute approximate surface area is 169 Å². The van der Waals surface area contributed by atoms with E-state index in [2.05, 4.69) is 35.0 Å². The normalized spacial score (nSPS) is 13.9. The van der Waals surface area contributed by atoms with Gasteiger partial charge in [0, 0.05) is 19.1 Å². The maximum atomic E-state index is 6.06. The molecule has 0 spiro atoms. The Hall–Kier alpha value is -2.99. The van der Waals surface area contributed by atoms with E-state index in [1.165, 1.54) is 16.8 Å². The number of fused-ring (bicyclic) bond motifs is 5. The van der Waals surface area contributed by atoms with E-state index in [1.54, 1.807) is 7.11 Å². The first-order chi connectivity index (χ1) is 14.3. The number of aryl methyl sites for hydroxylation is 2. The minimum absolute atomic E-state index is 0.290. The van der Waals surface area contributed by atoms with Gasteiger partial charge in [0.05, 0.1) is 24.7 Å². The average molecular weight is 394 g/mol. The molecule has 0 aliphatic carbocycles. The largest absolute Gasteiger partial charge is 0.493 e. The van der Waals surface area contributed by atoms with Gasteiger partial charge in [-0.15, -0.1) is 0 Å². The van der Waals surface area contributed by atoms with Gasteiger partial charge in [0.1, 0.15) is 6.61 Å². The molecule has 0 fully saturated rings. The minimum atomic E-state index is 0.290. The second kappa shape index (κ2) is 7.44. The van der Waals surface area contributed by atoms with E-state index in [0.717, 1.165) is 46.7 Å². The summed E-state index contributed by atoms with van der Waals surface area (Å²) in [7, 11) is 1.67. The molecule has 0 unspecified atom stereocenters. The lowest BCUT2D eigenvalue weighted by atomic mass is 9.95. The summed E-state index contributed by atoms with van der Waals surface area (Å²) in [6.07, 6.45) is 3.11. The fourth-order valence-corrected chi connectivity index (χ4v) is 4.05. The first kappa shape index (κ1) is 18.1. The second-order valence-electron chi connectivity index (χ2n) is 7.11. The summed E-state index contributed by atoms with van der Waals surface area (Å²) in [6.45, 7) is 4.88. The van der Waals surface area contributed by atoms with Crippen LogP contribution in [0.2, 0.25) is 0 Å². The van der Waals surface area contributed by atoms with Crippen LogP contribution in [0.15, 0.2) is 36.5 Å². The smallest absolute Gasteiger partial charge is 0.231 e. The molecule has 29 heavy (non-hydrogen) atoms. The molecule has 2 aromatic carbocycles. The average Bonchev–Trinajstić information content (AvgIpc) is 3.21. The highest BCUT2D eigenvalue weighted by Crippen LogP contribution is 2.41. The Balaban J connectivity index is 1.59. The number of hydrogen-bond acceptors (Lipinski definition) is 5. The van der Waals surface area contributed by atoms with Crippen molar-refractivity contribution in [2.45, 2.75) is 19.9 Å². The summed E-state index contributed by atoms with van der Waals surface area (Å²) in [4.78, 5) is 0. The summed E-state index contributed by atoms with van der Waals surface area (Å²) in [6, 6.07) is 10.5. The van der Waals surface area contributed by atoms with E-state index < -0.39 is 0 Å². The van der Waals surface area contributed by atoms with Gasteiger partial charge in [0.25, 0.3) is 0 Å². The van der Waals surface area contributed by atoms with Gasteiger partial charge in [-0.25, -0.2) is 0 Å². The molecule has 3 aromatic rings. The van der Waals surface area contributed by atoms with Crippen molar-refractivity contribution in [1.29, 1.82) is 0 Å². The Morgan fingerprint density at radius 1 is 1.07 bits per heavy atom. The maximum absolute atomic E-state index is 6.06. The van der Waals surface area contributed by atoms with Gasteiger partial charge in [-0.3, -0.25) is 0 Å². The van der Waals surface area contributed by atoms with Gasteiger partial charge < -0.3 is 23.7 Å². The number of nitrogens with zero attached hydrogens (tertiary/aromatic N) is 1. The molecule has 0 amide bonds. The SMILES string of the molecule is CCOCCOc1c(OC)ccc2cc3[n+](cc12)CCc1cc2c(cc1-3)OCO2. The highest BCUT2D eigenvalue weighted by Gasteiger charge is 2.28. The van der Waals surface area contributed by atoms with E-state index >= 15 is 0 Å². The van der Waals surface area contributed by atoms with Crippen molar-refractivity contribution in [3.8, 4) is 34.3 Å². The van der Waals surface area contributed by atoms with Crippen LogP contribution in [0.4, 0.5) is 0 Å². The van der Waals surface area contributed by atoms with E-state index in [0.29, 0.717) is 19.8 Å². The molecule has 2 aliphatic heterocycles. The van der Waals surface area contributed by atoms with Gasteiger partial charge in [0.2, 0.25) is 12.5 Å². The quantitative estimate of drug-likeness (QED) is 0.473. The lowest BCUT2D eigenvalue weighted by molar-refractivity contribution is -0.686. The van der Waals surface area contributed by atoms with E-state index in [1.807, 2.05) is 13.0 Å². The predicted octanol–water partition coefficient (Wildman–Crippen LogP) is 3.50. The second-order valence-corrected chi connectivity index (χ2v) is 7.11. The number of ether oxygens (including phenoxy) is 5. The summed E-state index contributed by atoms with van der Waals surface area (Å²) in [5, 5.41) is 2.14. The Kier molecular flexibility index (Phi) is 4.64. The van der Waals surface area contributed by atoms with Crippen molar-refractivity contribution in [3.05, 3.63) is 42.1 Å². The van der Waals surface area contributed by atoms with Crippen molar-refractivity contribution in [2.24, 2.45) is 0 Å². The number of hydrogen-bond donors (Lipinski definition) is 0. The summed E-state index contributed by atoms with van der Waals surface area (Å²) in [5.74, 6) is 3.14. The Bertz CT molecular complexity index is 1080. The standard InChI is InChI=1S/C23H24NO5/c1-3-26-8-9-27-23-18-13-24-7-6-16-11-21-22(29-14-28-21)12-17(16)19(24)10-15(18)4-5-20(23)25-2/h4-5,10-13H,3,6-9,14H2,1-2H3/q+1.